The molecular formula is C14H32O2Si2. The van der Waals surface area contributed by atoms with E-state index in [1.165, 1.54) is 18.0 Å². The normalized spacial score (nSPS) is 14.1. The summed E-state index contributed by atoms with van der Waals surface area (Å²) in [5, 5.41) is 1.48. The lowest BCUT2D eigenvalue weighted by molar-refractivity contribution is 0.196. The SMILES string of the molecule is CCCC/C(=C\[Si](C)(C)C)[Si](C)(OCC)OCC. The van der Waals surface area contributed by atoms with Crippen LogP contribution in [0.4, 0.5) is 0 Å². The van der Waals surface area contributed by atoms with Crippen LogP contribution in [0.1, 0.15) is 40.0 Å². The van der Waals surface area contributed by atoms with Gasteiger partial charge in [0, 0.05) is 13.2 Å². The minimum absolute atomic E-state index is 0.748. The highest BCUT2D eigenvalue weighted by Crippen LogP contribution is 2.25. The van der Waals surface area contributed by atoms with Gasteiger partial charge in [0.25, 0.3) is 0 Å². The molecule has 4 heteroatoms. The molecule has 0 aromatic rings. The molecule has 108 valence electrons. The Morgan fingerprint density at radius 3 is 1.78 bits per heavy atom. The van der Waals surface area contributed by atoms with Crippen LogP contribution in [-0.4, -0.2) is 29.8 Å². The van der Waals surface area contributed by atoms with Crippen molar-refractivity contribution in [2.75, 3.05) is 13.2 Å². The summed E-state index contributed by atoms with van der Waals surface area (Å²) in [5.74, 6) is 0. The molecule has 0 saturated heterocycles. The monoisotopic (exact) mass is 288 g/mol. The van der Waals surface area contributed by atoms with Crippen molar-refractivity contribution >= 4 is 16.6 Å². The smallest absolute Gasteiger partial charge is 0.364 e. The summed E-state index contributed by atoms with van der Waals surface area (Å²) < 4.78 is 12.1. The molecule has 0 aliphatic heterocycles. The highest BCUT2D eigenvalue weighted by molar-refractivity contribution is 6.84. The van der Waals surface area contributed by atoms with Crippen molar-refractivity contribution < 1.29 is 8.85 Å². The topological polar surface area (TPSA) is 18.5 Å². The third-order valence-corrected chi connectivity index (χ3v) is 7.57. The van der Waals surface area contributed by atoms with E-state index in [0.29, 0.717) is 0 Å². The first-order valence-corrected chi connectivity index (χ1v) is 13.2. The van der Waals surface area contributed by atoms with Gasteiger partial charge in [-0.15, -0.1) is 0 Å². The molecule has 0 heterocycles. The highest BCUT2D eigenvalue weighted by Gasteiger charge is 2.36. The minimum Gasteiger partial charge on any atom is -0.392 e. The van der Waals surface area contributed by atoms with Crippen molar-refractivity contribution in [2.24, 2.45) is 0 Å². The van der Waals surface area contributed by atoms with Crippen LogP contribution < -0.4 is 0 Å². The van der Waals surface area contributed by atoms with Crippen LogP contribution in [0.25, 0.3) is 0 Å². The van der Waals surface area contributed by atoms with Crippen LogP contribution >= 0.6 is 0 Å². The molecule has 0 aliphatic rings. The van der Waals surface area contributed by atoms with Crippen molar-refractivity contribution in [1.29, 1.82) is 0 Å². The molecule has 0 aromatic carbocycles. The predicted octanol–water partition coefficient (Wildman–Crippen LogP) is 4.66. The van der Waals surface area contributed by atoms with Crippen LogP contribution in [0.15, 0.2) is 10.9 Å². The first-order valence-electron chi connectivity index (χ1n) is 7.29. The zero-order valence-electron chi connectivity index (χ0n) is 13.4. The van der Waals surface area contributed by atoms with Crippen molar-refractivity contribution in [1.82, 2.24) is 0 Å². The Kier molecular flexibility index (Phi) is 8.34. The largest absolute Gasteiger partial charge is 0.392 e. The fourth-order valence-corrected chi connectivity index (χ4v) is 7.82. The maximum Gasteiger partial charge on any atom is 0.364 e. The van der Waals surface area contributed by atoms with Crippen molar-refractivity contribution in [3.05, 3.63) is 10.9 Å². The second-order valence-electron chi connectivity index (χ2n) is 5.95. The van der Waals surface area contributed by atoms with Crippen LogP contribution in [-0.2, 0) is 8.85 Å². The molecule has 0 radical (unpaired) electrons. The average molecular weight is 289 g/mol. The van der Waals surface area contributed by atoms with E-state index in [2.05, 4.69) is 52.7 Å². The predicted molar refractivity (Wildman–Crippen MR) is 85.8 cm³/mol. The number of hydrogen-bond acceptors (Lipinski definition) is 2. The molecule has 0 bridgehead atoms. The quantitative estimate of drug-likeness (QED) is 0.574. The third-order valence-electron chi connectivity index (χ3n) is 2.83. The van der Waals surface area contributed by atoms with Crippen LogP contribution in [0.2, 0.25) is 26.2 Å². The molecule has 18 heavy (non-hydrogen) atoms. The molecule has 0 aliphatic carbocycles. The Morgan fingerprint density at radius 2 is 1.44 bits per heavy atom. The zero-order chi connectivity index (χ0) is 14.2. The molecule has 0 fully saturated rings. The molecule has 0 atom stereocenters. The van der Waals surface area contributed by atoms with E-state index < -0.39 is 16.6 Å². The fourth-order valence-electron chi connectivity index (χ4n) is 2.10. The summed E-state index contributed by atoms with van der Waals surface area (Å²) in [6.07, 6.45) is 3.61. The Bertz CT molecular complexity index is 251. The Morgan fingerprint density at radius 1 is 0.944 bits per heavy atom. The number of allylic oxidation sites excluding steroid dienone is 1. The average Bonchev–Trinajstić information content (AvgIpc) is 2.23. The van der Waals surface area contributed by atoms with Gasteiger partial charge < -0.3 is 8.85 Å². The van der Waals surface area contributed by atoms with Gasteiger partial charge in [0.05, 0.1) is 8.07 Å². The molecular weight excluding hydrogens is 256 g/mol. The summed E-state index contributed by atoms with van der Waals surface area (Å²) in [6.45, 7) is 17.2. The van der Waals surface area contributed by atoms with Crippen molar-refractivity contribution in [3.8, 4) is 0 Å². The van der Waals surface area contributed by atoms with Gasteiger partial charge in [-0.3, -0.25) is 0 Å². The van der Waals surface area contributed by atoms with Gasteiger partial charge in [0.15, 0.2) is 0 Å². The lowest BCUT2D eigenvalue weighted by Gasteiger charge is -2.30. The van der Waals surface area contributed by atoms with Gasteiger partial charge in [0.2, 0.25) is 0 Å². The van der Waals surface area contributed by atoms with Gasteiger partial charge in [-0.25, -0.2) is 0 Å². The molecule has 0 unspecified atom stereocenters. The molecule has 0 N–H and O–H groups in total. The van der Waals surface area contributed by atoms with Crippen LogP contribution in [0.5, 0.6) is 0 Å². The van der Waals surface area contributed by atoms with Gasteiger partial charge in [-0.2, -0.15) is 0 Å². The molecule has 2 nitrogen and oxygen atoms in total. The van der Waals surface area contributed by atoms with E-state index in [-0.39, 0.29) is 0 Å². The second kappa shape index (κ2) is 8.30. The molecule has 0 aromatic heterocycles. The highest BCUT2D eigenvalue weighted by atomic mass is 28.4. The summed E-state index contributed by atoms with van der Waals surface area (Å²) in [5.41, 5.74) is 2.51. The van der Waals surface area contributed by atoms with E-state index in [1.54, 1.807) is 0 Å². The second-order valence-corrected chi connectivity index (χ2v) is 14.1. The lowest BCUT2D eigenvalue weighted by atomic mass is 10.2. The fraction of sp³-hybridized carbons (Fsp3) is 0.857. The van der Waals surface area contributed by atoms with E-state index in [4.69, 9.17) is 8.85 Å². The van der Waals surface area contributed by atoms with E-state index in [9.17, 15) is 0 Å². The lowest BCUT2D eigenvalue weighted by Crippen LogP contribution is -2.43. The van der Waals surface area contributed by atoms with Gasteiger partial charge in [-0.1, -0.05) is 45.1 Å². The first kappa shape index (κ1) is 18.1. The summed E-state index contributed by atoms with van der Waals surface area (Å²) in [4.78, 5) is 0. The van der Waals surface area contributed by atoms with Crippen molar-refractivity contribution in [2.45, 2.75) is 66.2 Å². The minimum atomic E-state index is -2.13. The Labute approximate surface area is 116 Å². The first-order chi connectivity index (χ1) is 8.29. The van der Waals surface area contributed by atoms with Gasteiger partial charge >= 0.3 is 8.56 Å². The Balaban J connectivity index is 5.16. The molecule has 0 spiro atoms. The van der Waals surface area contributed by atoms with Crippen LogP contribution in [0.3, 0.4) is 0 Å². The third kappa shape index (κ3) is 6.87. The standard InChI is InChI=1S/C14H32O2Si2/c1-8-11-12-14(13-17(4,5)6)18(7,15-9-2)16-10-3/h13H,8-12H2,1-7H3/b14-13+. The van der Waals surface area contributed by atoms with E-state index >= 15 is 0 Å². The Hall–Kier alpha value is 0.0938. The zero-order valence-corrected chi connectivity index (χ0v) is 15.4. The molecule has 0 rings (SSSR count). The maximum atomic E-state index is 6.05. The summed E-state index contributed by atoms with van der Waals surface area (Å²) in [6, 6.07) is 0. The summed E-state index contributed by atoms with van der Waals surface area (Å²) >= 11 is 0. The van der Waals surface area contributed by atoms with E-state index in [0.717, 1.165) is 19.6 Å². The molecule has 0 amide bonds. The number of rotatable bonds is 9. The number of hydrogen-bond donors (Lipinski definition) is 0. The van der Waals surface area contributed by atoms with E-state index in [1.807, 2.05) is 0 Å². The number of unbranched alkanes of at least 4 members (excludes halogenated alkanes) is 1. The van der Waals surface area contributed by atoms with Gasteiger partial charge in [0.1, 0.15) is 0 Å². The van der Waals surface area contributed by atoms with Gasteiger partial charge in [-0.05, 0) is 32.0 Å². The van der Waals surface area contributed by atoms with Crippen LogP contribution in [0, 0.1) is 0 Å². The van der Waals surface area contributed by atoms with Crippen molar-refractivity contribution in [3.63, 3.8) is 0 Å². The summed E-state index contributed by atoms with van der Waals surface area (Å²) in [7, 11) is -3.36. The maximum absolute atomic E-state index is 6.05. The molecule has 0 saturated carbocycles.